The van der Waals surface area contributed by atoms with E-state index in [1.807, 2.05) is 18.2 Å². The summed E-state index contributed by atoms with van der Waals surface area (Å²) in [4.78, 5) is 12.1. The van der Waals surface area contributed by atoms with Gasteiger partial charge in [-0.25, -0.2) is 8.42 Å². The molecular weight excluding hydrogens is 368 g/mol. The minimum atomic E-state index is -3.41. The molecule has 7 heteroatoms. The quantitative estimate of drug-likeness (QED) is 0.769. The topological polar surface area (TPSA) is 75.3 Å². The van der Waals surface area contributed by atoms with Crippen molar-refractivity contribution in [2.75, 3.05) is 5.32 Å². The van der Waals surface area contributed by atoms with Crippen molar-refractivity contribution in [2.24, 2.45) is 5.92 Å². The highest BCUT2D eigenvalue weighted by atomic mass is 32.2. The maximum Gasteiger partial charge on any atom is 0.229 e. The number of hydrogen-bond donors (Lipinski definition) is 2. The Hall–Kier alpha value is -2.25. The monoisotopic (exact) mass is 388 g/mol. The number of hydrogen-bond acceptors (Lipinski definition) is 4. The van der Waals surface area contributed by atoms with E-state index in [2.05, 4.69) is 10.6 Å². The fourth-order valence-electron chi connectivity index (χ4n) is 2.67. The molecule has 1 aliphatic carbocycles. The van der Waals surface area contributed by atoms with Gasteiger partial charge < -0.3 is 10.6 Å². The Labute approximate surface area is 158 Å². The van der Waals surface area contributed by atoms with Gasteiger partial charge in [-0.1, -0.05) is 36.8 Å². The molecule has 1 aliphatic rings. The zero-order valence-electron chi connectivity index (χ0n) is 14.1. The summed E-state index contributed by atoms with van der Waals surface area (Å²) in [6.45, 7) is 0. The summed E-state index contributed by atoms with van der Waals surface area (Å²) in [6.07, 6.45) is 2.89. The lowest BCUT2D eigenvalue weighted by Gasteiger charge is -2.24. The Balaban J connectivity index is 1.60. The molecule has 0 atom stereocenters. The second kappa shape index (κ2) is 7.97. The molecule has 2 N–H and O–H groups in total. The number of benzene rings is 2. The Kier molecular flexibility index (Phi) is 5.68. The molecule has 1 saturated carbocycles. The predicted molar refractivity (Wildman–Crippen MR) is 105 cm³/mol. The van der Waals surface area contributed by atoms with Crippen molar-refractivity contribution in [3.8, 4) is 0 Å². The summed E-state index contributed by atoms with van der Waals surface area (Å²) in [7, 11) is -3.41. The van der Waals surface area contributed by atoms with Crippen LogP contribution in [0.15, 0.2) is 59.5 Å². The van der Waals surface area contributed by atoms with Crippen LogP contribution in [-0.4, -0.2) is 19.4 Å². The van der Waals surface area contributed by atoms with E-state index in [9.17, 15) is 13.2 Å². The smallest absolute Gasteiger partial charge is 0.229 e. The van der Waals surface area contributed by atoms with Crippen molar-refractivity contribution in [2.45, 2.75) is 29.9 Å². The third kappa shape index (κ3) is 4.68. The second-order valence-electron chi connectivity index (χ2n) is 6.34. The van der Waals surface area contributed by atoms with Crippen LogP contribution in [0.5, 0.6) is 0 Å². The van der Waals surface area contributed by atoms with Crippen LogP contribution >= 0.6 is 12.2 Å². The molecule has 2 aromatic rings. The molecule has 0 unspecified atom stereocenters. The summed E-state index contributed by atoms with van der Waals surface area (Å²) in [5.41, 5.74) is 1.37. The molecule has 0 heterocycles. The van der Waals surface area contributed by atoms with E-state index < -0.39 is 9.84 Å². The molecular formula is C19H20N2O3S2. The van der Waals surface area contributed by atoms with Crippen molar-refractivity contribution >= 4 is 38.8 Å². The highest BCUT2D eigenvalue weighted by molar-refractivity contribution is 7.90. The summed E-state index contributed by atoms with van der Waals surface area (Å²) in [6, 6.07) is 15.4. The maximum absolute atomic E-state index is 12.5. The van der Waals surface area contributed by atoms with Crippen LogP contribution < -0.4 is 10.6 Å². The maximum atomic E-state index is 12.5. The van der Waals surface area contributed by atoms with Crippen LogP contribution in [0.25, 0.3) is 0 Å². The SMILES string of the molecule is O=C(NC(=S)Nc1ccc(S(=O)(=O)Cc2ccccc2)cc1)C1CCC1. The third-order valence-electron chi connectivity index (χ3n) is 4.38. The minimum Gasteiger partial charge on any atom is -0.332 e. The number of thiocarbonyl (C=S) groups is 1. The fraction of sp³-hybridized carbons (Fsp3) is 0.263. The third-order valence-corrected chi connectivity index (χ3v) is 6.29. The van der Waals surface area contributed by atoms with Gasteiger partial charge in [-0.3, -0.25) is 4.79 Å². The lowest BCUT2D eigenvalue weighted by molar-refractivity contribution is -0.125. The van der Waals surface area contributed by atoms with E-state index >= 15 is 0 Å². The molecule has 1 fully saturated rings. The molecule has 0 aliphatic heterocycles. The molecule has 136 valence electrons. The van der Waals surface area contributed by atoms with Gasteiger partial charge in [0.1, 0.15) is 0 Å². The Bertz CT molecular complexity index is 890. The molecule has 5 nitrogen and oxygen atoms in total. The van der Waals surface area contributed by atoms with E-state index in [4.69, 9.17) is 12.2 Å². The average Bonchev–Trinajstić information content (AvgIpc) is 2.54. The summed E-state index contributed by atoms with van der Waals surface area (Å²) in [5, 5.41) is 5.80. The van der Waals surface area contributed by atoms with Crippen molar-refractivity contribution in [3.63, 3.8) is 0 Å². The van der Waals surface area contributed by atoms with Gasteiger partial charge in [-0.05, 0) is 54.9 Å². The molecule has 0 bridgehead atoms. The number of sulfone groups is 1. The van der Waals surface area contributed by atoms with Gasteiger partial charge in [0.05, 0.1) is 10.6 Å². The van der Waals surface area contributed by atoms with E-state index in [0.717, 1.165) is 24.8 Å². The normalized spacial score (nSPS) is 14.3. The van der Waals surface area contributed by atoms with E-state index in [-0.39, 0.29) is 27.6 Å². The van der Waals surface area contributed by atoms with Crippen molar-refractivity contribution < 1.29 is 13.2 Å². The number of nitrogens with one attached hydrogen (secondary N) is 2. The van der Waals surface area contributed by atoms with Gasteiger partial charge in [-0.15, -0.1) is 0 Å². The number of rotatable bonds is 5. The number of amides is 1. The first-order chi connectivity index (χ1) is 12.4. The van der Waals surface area contributed by atoms with Crippen molar-refractivity contribution in [1.29, 1.82) is 0 Å². The Morgan fingerprint density at radius 3 is 2.27 bits per heavy atom. The van der Waals surface area contributed by atoms with Gasteiger partial charge in [-0.2, -0.15) is 0 Å². The molecule has 0 radical (unpaired) electrons. The van der Waals surface area contributed by atoms with Gasteiger partial charge in [0, 0.05) is 11.6 Å². The molecule has 0 aromatic heterocycles. The van der Waals surface area contributed by atoms with Gasteiger partial charge >= 0.3 is 0 Å². The van der Waals surface area contributed by atoms with Crippen molar-refractivity contribution in [3.05, 3.63) is 60.2 Å². The predicted octanol–water partition coefficient (Wildman–Crippen LogP) is 3.27. The van der Waals surface area contributed by atoms with Crippen LogP contribution in [0.1, 0.15) is 24.8 Å². The molecule has 2 aromatic carbocycles. The number of carbonyl (C=O) groups excluding carboxylic acids is 1. The average molecular weight is 389 g/mol. The molecule has 0 saturated heterocycles. The van der Waals surface area contributed by atoms with Gasteiger partial charge in [0.15, 0.2) is 14.9 Å². The van der Waals surface area contributed by atoms with Crippen LogP contribution in [0.3, 0.4) is 0 Å². The first-order valence-corrected chi connectivity index (χ1v) is 10.5. The summed E-state index contributed by atoms with van der Waals surface area (Å²) in [5.74, 6) is -0.0488. The van der Waals surface area contributed by atoms with Gasteiger partial charge in [0.25, 0.3) is 0 Å². The molecule has 1 amide bonds. The Morgan fingerprint density at radius 1 is 1.04 bits per heavy atom. The molecule has 0 spiro atoms. The highest BCUT2D eigenvalue weighted by Gasteiger charge is 2.25. The molecule has 26 heavy (non-hydrogen) atoms. The summed E-state index contributed by atoms with van der Waals surface area (Å²) < 4.78 is 25.0. The fourth-order valence-corrected chi connectivity index (χ4v) is 4.24. The second-order valence-corrected chi connectivity index (χ2v) is 8.74. The highest BCUT2D eigenvalue weighted by Crippen LogP contribution is 2.26. The number of carbonyl (C=O) groups is 1. The zero-order valence-corrected chi connectivity index (χ0v) is 15.8. The molecule has 3 rings (SSSR count). The zero-order chi connectivity index (χ0) is 18.6. The van der Waals surface area contributed by atoms with E-state index in [1.165, 1.54) is 12.1 Å². The largest absolute Gasteiger partial charge is 0.332 e. The van der Waals surface area contributed by atoms with Crippen LogP contribution in [-0.2, 0) is 20.4 Å². The van der Waals surface area contributed by atoms with Gasteiger partial charge in [0.2, 0.25) is 5.91 Å². The van der Waals surface area contributed by atoms with Crippen LogP contribution in [0.4, 0.5) is 5.69 Å². The Morgan fingerprint density at radius 2 is 1.69 bits per heavy atom. The lowest BCUT2D eigenvalue weighted by atomic mass is 9.85. The first kappa shape index (κ1) is 18.5. The minimum absolute atomic E-state index is 0.0452. The van der Waals surface area contributed by atoms with Crippen molar-refractivity contribution in [1.82, 2.24) is 5.32 Å². The van der Waals surface area contributed by atoms with E-state index in [1.54, 1.807) is 24.3 Å². The lowest BCUT2D eigenvalue weighted by Crippen LogP contribution is -2.40. The van der Waals surface area contributed by atoms with Crippen LogP contribution in [0, 0.1) is 5.92 Å². The first-order valence-electron chi connectivity index (χ1n) is 8.43. The van der Waals surface area contributed by atoms with Crippen LogP contribution in [0.2, 0.25) is 0 Å². The standard InChI is InChI=1S/C19H20N2O3S2/c22-18(15-7-4-8-15)21-19(25)20-16-9-11-17(12-10-16)26(23,24)13-14-5-2-1-3-6-14/h1-3,5-6,9-12,15H,4,7-8,13H2,(H2,20,21,22,25). The summed E-state index contributed by atoms with van der Waals surface area (Å²) >= 11 is 5.14. The number of anilines is 1. The van der Waals surface area contributed by atoms with E-state index in [0.29, 0.717) is 5.69 Å².